The first-order chi connectivity index (χ1) is 15.8. The van der Waals surface area contributed by atoms with Crippen LogP contribution in [0.1, 0.15) is 103 Å². The molecule has 0 unspecified atom stereocenters. The zero-order chi connectivity index (χ0) is 22.4. The number of ether oxygens (including phenoxy) is 1. The number of aryl methyl sites for hydroxylation is 1. The summed E-state index contributed by atoms with van der Waals surface area (Å²) in [6, 6.07) is 8.68. The van der Waals surface area contributed by atoms with Crippen LogP contribution in [-0.2, 0) is 6.42 Å². The molecule has 32 heavy (non-hydrogen) atoms. The molecule has 0 aromatic heterocycles. The monoisotopic (exact) mass is 434 g/mol. The van der Waals surface area contributed by atoms with E-state index >= 15 is 0 Å². The van der Waals surface area contributed by atoms with Gasteiger partial charge in [0.1, 0.15) is 5.75 Å². The molecule has 2 fully saturated rings. The van der Waals surface area contributed by atoms with Crippen LogP contribution in [0.25, 0.3) is 0 Å². The molecular weight excluding hydrogens is 388 g/mol. The summed E-state index contributed by atoms with van der Waals surface area (Å²) in [6.07, 6.45) is 23.2. The van der Waals surface area contributed by atoms with Gasteiger partial charge in [-0.3, -0.25) is 0 Å². The summed E-state index contributed by atoms with van der Waals surface area (Å²) >= 11 is 0. The molecule has 0 heterocycles. The minimum absolute atomic E-state index is 0.582. The molecule has 1 heteroatoms. The van der Waals surface area contributed by atoms with Gasteiger partial charge in [-0.15, -0.1) is 0 Å². The minimum atomic E-state index is 0.582. The summed E-state index contributed by atoms with van der Waals surface area (Å²) in [5.41, 5.74) is 1.41. The number of hydrogen-bond acceptors (Lipinski definition) is 1. The zero-order valence-electron chi connectivity index (χ0n) is 20.8. The van der Waals surface area contributed by atoms with E-state index in [1.807, 2.05) is 0 Å². The van der Waals surface area contributed by atoms with Crippen molar-refractivity contribution in [3.63, 3.8) is 0 Å². The van der Waals surface area contributed by atoms with Crippen LogP contribution >= 0.6 is 0 Å². The predicted molar refractivity (Wildman–Crippen MR) is 138 cm³/mol. The van der Waals surface area contributed by atoms with Gasteiger partial charge in [0.25, 0.3) is 0 Å². The molecule has 1 aromatic carbocycles. The van der Waals surface area contributed by atoms with Crippen molar-refractivity contribution in [1.29, 1.82) is 0 Å². The van der Waals surface area contributed by atoms with Gasteiger partial charge in [-0.25, -0.2) is 0 Å². The highest BCUT2D eigenvalue weighted by Gasteiger charge is 2.21. The Morgan fingerprint density at radius 2 is 1.56 bits per heavy atom. The third-order valence-corrected chi connectivity index (χ3v) is 7.64. The highest BCUT2D eigenvalue weighted by atomic mass is 16.5. The summed E-state index contributed by atoms with van der Waals surface area (Å²) in [6.45, 7) is 5.38. The highest BCUT2D eigenvalue weighted by molar-refractivity contribution is 5.27. The van der Waals surface area contributed by atoms with Crippen LogP contribution in [0.5, 0.6) is 5.75 Å². The standard InChI is InChI=1S/C31H46O/c1-3-5-6-10-27-13-15-28(16-14-27)11-7-8-12-29-17-19-30(20-18-29)25-32-31-23-21-26(9-4-2)22-24-31/h7,11,21-24,27-30H,3-6,9-10,13-20,25H2,1-2H3/b11-7+. The van der Waals surface area contributed by atoms with Crippen molar-refractivity contribution in [3.05, 3.63) is 42.0 Å². The fraction of sp³-hybridized carbons (Fsp3) is 0.677. The van der Waals surface area contributed by atoms with Crippen molar-refractivity contribution in [2.75, 3.05) is 6.61 Å². The number of rotatable bonds is 10. The van der Waals surface area contributed by atoms with E-state index in [2.05, 4.69) is 62.1 Å². The number of allylic oxidation sites excluding steroid dienone is 2. The largest absolute Gasteiger partial charge is 0.493 e. The van der Waals surface area contributed by atoms with E-state index in [9.17, 15) is 0 Å². The lowest BCUT2D eigenvalue weighted by atomic mass is 9.79. The maximum atomic E-state index is 6.07. The summed E-state index contributed by atoms with van der Waals surface area (Å²) in [5, 5.41) is 0. The third-order valence-electron chi connectivity index (χ3n) is 7.64. The SMILES string of the molecule is CCCCCC1CCC(/C=C/C#CC2CCC(COc3ccc(CCC)cc3)CC2)CC1. The van der Waals surface area contributed by atoms with Crippen LogP contribution in [0.2, 0.25) is 0 Å². The molecule has 0 aliphatic heterocycles. The van der Waals surface area contributed by atoms with Gasteiger partial charge in [0, 0.05) is 5.92 Å². The van der Waals surface area contributed by atoms with Gasteiger partial charge in [0.05, 0.1) is 6.61 Å². The first-order valence-corrected chi connectivity index (χ1v) is 13.7. The van der Waals surface area contributed by atoms with Gasteiger partial charge >= 0.3 is 0 Å². The molecule has 0 N–H and O–H groups in total. The lowest BCUT2D eigenvalue weighted by Crippen LogP contribution is -2.19. The van der Waals surface area contributed by atoms with E-state index in [1.54, 1.807) is 0 Å². The fourth-order valence-electron chi connectivity index (χ4n) is 5.43. The topological polar surface area (TPSA) is 9.23 Å². The van der Waals surface area contributed by atoms with E-state index in [-0.39, 0.29) is 0 Å². The molecule has 2 aliphatic carbocycles. The molecule has 0 atom stereocenters. The van der Waals surface area contributed by atoms with Crippen LogP contribution in [0, 0.1) is 35.5 Å². The van der Waals surface area contributed by atoms with Crippen molar-refractivity contribution < 1.29 is 4.74 Å². The van der Waals surface area contributed by atoms with Gasteiger partial charge in [-0.1, -0.05) is 76.0 Å². The van der Waals surface area contributed by atoms with E-state index in [1.165, 1.54) is 89.0 Å². The Morgan fingerprint density at radius 1 is 0.844 bits per heavy atom. The van der Waals surface area contributed by atoms with Gasteiger partial charge < -0.3 is 4.74 Å². The lowest BCUT2D eigenvalue weighted by molar-refractivity contribution is 0.196. The Morgan fingerprint density at radius 3 is 2.25 bits per heavy atom. The molecular formula is C31H46O. The Kier molecular flexibility index (Phi) is 11.3. The van der Waals surface area contributed by atoms with Crippen LogP contribution in [0.4, 0.5) is 0 Å². The van der Waals surface area contributed by atoms with Crippen molar-refractivity contribution in [2.24, 2.45) is 23.7 Å². The molecule has 1 nitrogen and oxygen atoms in total. The second-order valence-corrected chi connectivity index (χ2v) is 10.3. The normalized spacial score (nSPS) is 25.9. The molecule has 0 spiro atoms. The van der Waals surface area contributed by atoms with Crippen molar-refractivity contribution in [1.82, 2.24) is 0 Å². The van der Waals surface area contributed by atoms with Crippen LogP contribution < -0.4 is 4.74 Å². The average Bonchev–Trinajstić information content (AvgIpc) is 2.83. The molecule has 2 aliphatic rings. The average molecular weight is 435 g/mol. The molecule has 3 rings (SSSR count). The maximum Gasteiger partial charge on any atom is 0.119 e. The predicted octanol–water partition coefficient (Wildman–Crippen LogP) is 8.77. The van der Waals surface area contributed by atoms with Crippen LogP contribution in [-0.4, -0.2) is 6.61 Å². The molecule has 0 radical (unpaired) electrons. The first kappa shape index (κ1) is 25.0. The van der Waals surface area contributed by atoms with E-state index in [4.69, 9.17) is 4.74 Å². The number of unbranched alkanes of at least 4 members (excludes halogenated alkanes) is 2. The van der Waals surface area contributed by atoms with Crippen LogP contribution in [0.3, 0.4) is 0 Å². The molecule has 1 aromatic rings. The van der Waals surface area contributed by atoms with Crippen LogP contribution in [0.15, 0.2) is 36.4 Å². The van der Waals surface area contributed by atoms with Crippen molar-refractivity contribution in [3.8, 4) is 17.6 Å². The number of hydrogen-bond donors (Lipinski definition) is 0. The molecule has 0 bridgehead atoms. The van der Waals surface area contributed by atoms with Crippen molar-refractivity contribution >= 4 is 0 Å². The fourth-order valence-corrected chi connectivity index (χ4v) is 5.43. The summed E-state index contributed by atoms with van der Waals surface area (Å²) in [4.78, 5) is 0. The summed E-state index contributed by atoms with van der Waals surface area (Å²) < 4.78 is 6.07. The molecule has 2 saturated carbocycles. The molecule has 176 valence electrons. The van der Waals surface area contributed by atoms with Gasteiger partial charge in [0.2, 0.25) is 0 Å². The summed E-state index contributed by atoms with van der Waals surface area (Å²) in [5.74, 6) is 11.0. The Hall–Kier alpha value is -1.68. The highest BCUT2D eigenvalue weighted by Crippen LogP contribution is 2.33. The van der Waals surface area contributed by atoms with E-state index < -0.39 is 0 Å². The maximum absolute atomic E-state index is 6.07. The van der Waals surface area contributed by atoms with Gasteiger partial charge in [-0.2, -0.15) is 0 Å². The zero-order valence-corrected chi connectivity index (χ0v) is 20.8. The Bertz CT molecular complexity index is 703. The van der Waals surface area contributed by atoms with Gasteiger partial charge in [-0.05, 0) is 99.3 Å². The minimum Gasteiger partial charge on any atom is -0.493 e. The Labute approximate surface area is 198 Å². The summed E-state index contributed by atoms with van der Waals surface area (Å²) in [7, 11) is 0. The molecule has 0 amide bonds. The quantitative estimate of drug-likeness (QED) is 0.264. The molecule has 0 saturated heterocycles. The first-order valence-electron chi connectivity index (χ1n) is 13.7. The second kappa shape index (κ2) is 14.5. The van der Waals surface area contributed by atoms with Crippen molar-refractivity contribution in [2.45, 2.75) is 104 Å². The second-order valence-electron chi connectivity index (χ2n) is 10.3. The van der Waals surface area contributed by atoms with E-state index in [0.29, 0.717) is 11.8 Å². The number of benzene rings is 1. The van der Waals surface area contributed by atoms with Gasteiger partial charge in [0.15, 0.2) is 0 Å². The van der Waals surface area contributed by atoms with E-state index in [0.717, 1.165) is 30.6 Å². The lowest BCUT2D eigenvalue weighted by Gasteiger charge is -2.26. The third kappa shape index (κ3) is 9.05. The smallest absolute Gasteiger partial charge is 0.119 e. The Balaban J connectivity index is 1.28.